The Hall–Kier alpha value is -1.00. The van der Waals surface area contributed by atoms with Gasteiger partial charge in [0.25, 0.3) is 0 Å². The van der Waals surface area contributed by atoms with Gasteiger partial charge in [-0.25, -0.2) is 4.39 Å². The molecule has 4 heteroatoms. The molecule has 0 bridgehead atoms. The fourth-order valence-corrected chi connectivity index (χ4v) is 1.05. The summed E-state index contributed by atoms with van der Waals surface area (Å²) in [6, 6.07) is 1.43. The Morgan fingerprint density at radius 2 is 2.36 bits per heavy atom. The van der Waals surface area contributed by atoms with Crippen molar-refractivity contribution < 1.29 is 9.13 Å². The molecule has 1 N–H and O–H groups in total. The van der Waals surface area contributed by atoms with E-state index in [2.05, 4.69) is 10.3 Å². The lowest BCUT2D eigenvalue weighted by atomic mass is 10.3. The highest BCUT2D eigenvalue weighted by molar-refractivity contribution is 5.08. The van der Waals surface area contributed by atoms with Gasteiger partial charge in [-0.2, -0.15) is 0 Å². The maximum Gasteiger partial charge on any atom is 0.141 e. The largest absolute Gasteiger partial charge is 0.375 e. The van der Waals surface area contributed by atoms with Gasteiger partial charge in [0.2, 0.25) is 0 Å². The fourth-order valence-electron chi connectivity index (χ4n) is 1.05. The Labute approximate surface area is 83.3 Å². The molecule has 0 aromatic carbocycles. The maximum atomic E-state index is 12.7. The van der Waals surface area contributed by atoms with E-state index in [1.165, 1.54) is 12.3 Å². The van der Waals surface area contributed by atoms with Crippen LogP contribution in [-0.4, -0.2) is 24.7 Å². The van der Waals surface area contributed by atoms with Crippen LogP contribution in [0.3, 0.4) is 0 Å². The van der Waals surface area contributed by atoms with Crippen LogP contribution in [0, 0.1) is 5.82 Å². The first kappa shape index (κ1) is 11.1. The van der Waals surface area contributed by atoms with Crippen molar-refractivity contribution in [2.45, 2.75) is 13.5 Å². The van der Waals surface area contributed by atoms with Crippen LogP contribution in [-0.2, 0) is 11.3 Å². The van der Waals surface area contributed by atoms with Crippen molar-refractivity contribution in [3.8, 4) is 0 Å². The van der Waals surface area contributed by atoms with Crippen LogP contribution in [0.25, 0.3) is 0 Å². The summed E-state index contributed by atoms with van der Waals surface area (Å²) in [5, 5.41) is 3.13. The van der Waals surface area contributed by atoms with Gasteiger partial charge in [0.15, 0.2) is 0 Å². The molecule has 78 valence electrons. The van der Waals surface area contributed by atoms with E-state index in [0.29, 0.717) is 13.2 Å². The van der Waals surface area contributed by atoms with Gasteiger partial charge in [0, 0.05) is 12.7 Å². The number of hydrogen-bond acceptors (Lipinski definition) is 3. The molecule has 0 fully saturated rings. The molecule has 1 aromatic rings. The third-order valence-corrected chi connectivity index (χ3v) is 1.70. The second-order valence-electron chi connectivity index (χ2n) is 2.92. The summed E-state index contributed by atoms with van der Waals surface area (Å²) in [6.07, 6.45) is 2.79. The van der Waals surface area contributed by atoms with E-state index in [1.54, 1.807) is 6.20 Å². The number of nitrogens with zero attached hydrogens (tertiary/aromatic N) is 1. The minimum atomic E-state index is -0.321. The minimum Gasteiger partial charge on any atom is -0.375 e. The molecule has 0 atom stereocenters. The molecule has 0 unspecified atom stereocenters. The Bertz CT molecular complexity index is 268. The van der Waals surface area contributed by atoms with Crippen molar-refractivity contribution in [1.29, 1.82) is 0 Å². The van der Waals surface area contributed by atoms with Gasteiger partial charge < -0.3 is 10.1 Å². The molecular weight excluding hydrogens is 183 g/mol. The average molecular weight is 198 g/mol. The summed E-state index contributed by atoms with van der Waals surface area (Å²) in [5.41, 5.74) is 0.765. The summed E-state index contributed by atoms with van der Waals surface area (Å²) in [5.74, 6) is -0.321. The molecule has 1 rings (SSSR count). The van der Waals surface area contributed by atoms with Gasteiger partial charge in [-0.3, -0.25) is 4.98 Å². The van der Waals surface area contributed by atoms with Crippen molar-refractivity contribution in [2.24, 2.45) is 0 Å². The monoisotopic (exact) mass is 198 g/mol. The van der Waals surface area contributed by atoms with Gasteiger partial charge in [-0.05, 0) is 18.2 Å². The zero-order valence-electron chi connectivity index (χ0n) is 8.29. The highest BCUT2D eigenvalue weighted by Gasteiger charge is 1.95. The van der Waals surface area contributed by atoms with Crippen LogP contribution in [0.2, 0.25) is 0 Å². The first-order valence-electron chi connectivity index (χ1n) is 4.71. The van der Waals surface area contributed by atoms with E-state index in [4.69, 9.17) is 4.74 Å². The quantitative estimate of drug-likeness (QED) is 0.700. The number of halogens is 1. The third kappa shape index (κ3) is 4.30. The molecule has 0 saturated heterocycles. The first-order chi connectivity index (χ1) is 6.83. The van der Waals surface area contributed by atoms with Crippen LogP contribution >= 0.6 is 0 Å². The van der Waals surface area contributed by atoms with E-state index in [9.17, 15) is 4.39 Å². The van der Waals surface area contributed by atoms with Gasteiger partial charge in [-0.1, -0.05) is 6.92 Å². The highest BCUT2D eigenvalue weighted by atomic mass is 19.1. The van der Waals surface area contributed by atoms with E-state index in [-0.39, 0.29) is 5.82 Å². The fraction of sp³-hybridized carbons (Fsp3) is 0.500. The van der Waals surface area contributed by atoms with Crippen molar-refractivity contribution in [3.05, 3.63) is 29.8 Å². The topological polar surface area (TPSA) is 34.1 Å². The molecule has 14 heavy (non-hydrogen) atoms. The van der Waals surface area contributed by atoms with Crippen LogP contribution in [0.5, 0.6) is 0 Å². The van der Waals surface area contributed by atoms with Crippen molar-refractivity contribution >= 4 is 0 Å². The number of hydrogen-bond donors (Lipinski definition) is 1. The predicted octanol–water partition coefficient (Wildman–Crippen LogP) is 1.35. The zero-order valence-corrected chi connectivity index (χ0v) is 8.29. The summed E-state index contributed by atoms with van der Waals surface area (Å²) >= 11 is 0. The second-order valence-corrected chi connectivity index (χ2v) is 2.92. The maximum absolute atomic E-state index is 12.7. The molecule has 1 heterocycles. The molecule has 0 aliphatic carbocycles. The molecule has 1 aromatic heterocycles. The van der Waals surface area contributed by atoms with Gasteiger partial charge in [0.05, 0.1) is 19.4 Å². The number of aromatic nitrogens is 1. The predicted molar refractivity (Wildman–Crippen MR) is 52.4 cm³/mol. The van der Waals surface area contributed by atoms with Crippen molar-refractivity contribution in [1.82, 2.24) is 10.3 Å². The number of rotatable bonds is 6. The number of likely N-dealkylation sites (N-methyl/N-ethyl adjacent to an activating group) is 1. The number of pyridine rings is 1. The Morgan fingerprint density at radius 1 is 1.50 bits per heavy atom. The SMILES string of the molecule is CCNCCOCc1cncc(F)c1. The molecule has 0 saturated carbocycles. The van der Waals surface area contributed by atoms with E-state index in [0.717, 1.165) is 18.7 Å². The van der Waals surface area contributed by atoms with E-state index < -0.39 is 0 Å². The summed E-state index contributed by atoms with van der Waals surface area (Å²) in [7, 11) is 0. The second kappa shape index (κ2) is 6.45. The number of nitrogens with one attached hydrogen (secondary N) is 1. The van der Waals surface area contributed by atoms with Gasteiger partial charge in [-0.15, -0.1) is 0 Å². The first-order valence-corrected chi connectivity index (χ1v) is 4.71. The van der Waals surface area contributed by atoms with Crippen LogP contribution in [0.1, 0.15) is 12.5 Å². The third-order valence-electron chi connectivity index (χ3n) is 1.70. The molecule has 0 spiro atoms. The molecule has 0 aliphatic rings. The van der Waals surface area contributed by atoms with Crippen molar-refractivity contribution in [3.63, 3.8) is 0 Å². The van der Waals surface area contributed by atoms with Crippen LogP contribution in [0.15, 0.2) is 18.5 Å². The van der Waals surface area contributed by atoms with Crippen LogP contribution in [0.4, 0.5) is 4.39 Å². The van der Waals surface area contributed by atoms with E-state index in [1.807, 2.05) is 6.92 Å². The van der Waals surface area contributed by atoms with Crippen LogP contribution < -0.4 is 5.32 Å². The Kier molecular flexibility index (Phi) is 5.11. The lowest BCUT2D eigenvalue weighted by Crippen LogP contribution is -2.18. The lowest BCUT2D eigenvalue weighted by Gasteiger charge is -2.04. The van der Waals surface area contributed by atoms with E-state index >= 15 is 0 Å². The smallest absolute Gasteiger partial charge is 0.141 e. The van der Waals surface area contributed by atoms with Crippen molar-refractivity contribution in [2.75, 3.05) is 19.7 Å². The Balaban J connectivity index is 2.18. The number of ether oxygens (including phenoxy) is 1. The Morgan fingerprint density at radius 3 is 3.07 bits per heavy atom. The standard InChI is InChI=1S/C10H15FN2O/c1-2-12-3-4-14-8-9-5-10(11)7-13-6-9/h5-7,12H,2-4,8H2,1H3. The summed E-state index contributed by atoms with van der Waals surface area (Å²) < 4.78 is 18.0. The summed E-state index contributed by atoms with van der Waals surface area (Å²) in [4.78, 5) is 3.73. The molecular formula is C10H15FN2O. The normalized spacial score (nSPS) is 10.4. The van der Waals surface area contributed by atoms with Gasteiger partial charge >= 0.3 is 0 Å². The lowest BCUT2D eigenvalue weighted by molar-refractivity contribution is 0.122. The minimum absolute atomic E-state index is 0.321. The zero-order chi connectivity index (χ0) is 10.2. The van der Waals surface area contributed by atoms with Gasteiger partial charge in [0.1, 0.15) is 5.82 Å². The molecule has 0 amide bonds. The highest BCUT2D eigenvalue weighted by Crippen LogP contribution is 2.01. The molecule has 0 aliphatic heterocycles. The summed E-state index contributed by atoms with van der Waals surface area (Å²) in [6.45, 7) is 4.83. The molecule has 3 nitrogen and oxygen atoms in total. The average Bonchev–Trinajstić information content (AvgIpc) is 2.18. The molecule has 0 radical (unpaired) electrons.